The van der Waals surface area contributed by atoms with Crippen molar-refractivity contribution in [3.63, 3.8) is 0 Å². The fraction of sp³-hybridized carbons (Fsp3) is 0. The van der Waals surface area contributed by atoms with Gasteiger partial charge in [0.1, 0.15) is 0 Å². The van der Waals surface area contributed by atoms with Crippen molar-refractivity contribution in [3.05, 3.63) is 63.0 Å². The topological polar surface area (TPSA) is 105 Å². The largest absolute Gasteiger partial charge is 0.504 e. The van der Waals surface area contributed by atoms with E-state index in [-0.39, 0.29) is 9.79 Å². The van der Waals surface area contributed by atoms with Gasteiger partial charge in [0.25, 0.3) is 19.7 Å². The van der Waals surface area contributed by atoms with Crippen LogP contribution in [0, 0.1) is 0 Å². The minimum Gasteiger partial charge on any atom is -0.359 e. The summed E-state index contributed by atoms with van der Waals surface area (Å²) in [4.78, 5) is 1.94. The van der Waals surface area contributed by atoms with Crippen LogP contribution >= 0.6 is 31.9 Å². The number of rotatable bonds is 2. The molecule has 0 heterocycles. The van der Waals surface area contributed by atoms with Crippen LogP contribution < -0.4 is 0 Å². The lowest BCUT2D eigenvalue weighted by molar-refractivity contribution is 0.00380. The second-order valence-electron chi connectivity index (χ2n) is 4.29. The van der Waals surface area contributed by atoms with Crippen molar-refractivity contribution in [3.8, 4) is 0 Å². The van der Waals surface area contributed by atoms with Gasteiger partial charge in [0, 0.05) is 8.95 Å². The molecular weight excluding hydrogens is 472 g/mol. The van der Waals surface area contributed by atoms with Crippen molar-refractivity contribution < 1.29 is 21.6 Å². The molecule has 0 atom stereocenters. The molecule has 2 aromatic rings. The Morgan fingerprint density at radius 3 is 1.52 bits per heavy atom. The van der Waals surface area contributed by atoms with Crippen molar-refractivity contribution in [2.24, 2.45) is 0 Å². The summed E-state index contributed by atoms with van der Waals surface area (Å²) in [5, 5.41) is 0. The molecule has 6 nitrogen and oxygen atoms in total. The highest BCUT2D eigenvalue weighted by Crippen LogP contribution is 2.24. The highest BCUT2D eigenvalue weighted by atomic mass is 79.9. The molecule has 0 amide bonds. The normalized spacial score (nSPS) is 11.7. The molecule has 2 aromatic carbocycles. The molecule has 23 heavy (non-hydrogen) atoms. The van der Waals surface area contributed by atoms with Crippen LogP contribution in [0.25, 0.3) is 5.53 Å². The average molecular weight is 480 g/mol. The van der Waals surface area contributed by atoms with Gasteiger partial charge in [0.05, 0.1) is 9.79 Å². The Balaban J connectivity index is 2.67. The van der Waals surface area contributed by atoms with E-state index < -0.39 is 24.1 Å². The summed E-state index contributed by atoms with van der Waals surface area (Å²) >= 11 is 6.22. The minimum atomic E-state index is -4.53. The molecule has 0 N–H and O–H groups in total. The van der Waals surface area contributed by atoms with E-state index in [1.165, 1.54) is 36.4 Å². The van der Waals surface area contributed by atoms with Crippen LogP contribution in [0.4, 0.5) is 0 Å². The molecule has 0 unspecified atom stereocenters. The van der Waals surface area contributed by atoms with Crippen LogP contribution in [0.15, 0.2) is 67.3 Å². The lowest BCUT2D eigenvalue weighted by atomic mass is 10.4. The summed E-state index contributed by atoms with van der Waals surface area (Å²) in [6.45, 7) is 0. The third-order valence-electron chi connectivity index (χ3n) is 2.75. The van der Waals surface area contributed by atoms with Gasteiger partial charge in [-0.25, -0.2) is 16.8 Å². The SMILES string of the molecule is [N-]=[N+]=C(S(=O)(=O)c1cccc(Br)c1)S(=O)(=O)c1cccc(Br)c1. The Morgan fingerprint density at radius 2 is 1.22 bits per heavy atom. The fourth-order valence-electron chi connectivity index (χ4n) is 1.72. The molecule has 0 aliphatic carbocycles. The van der Waals surface area contributed by atoms with Crippen LogP contribution in [0.5, 0.6) is 0 Å². The van der Waals surface area contributed by atoms with E-state index in [4.69, 9.17) is 5.53 Å². The maximum Gasteiger partial charge on any atom is 0.504 e. The van der Waals surface area contributed by atoms with Crippen molar-refractivity contribution in [1.29, 1.82) is 0 Å². The van der Waals surface area contributed by atoms with E-state index >= 15 is 0 Å². The summed E-state index contributed by atoms with van der Waals surface area (Å²) in [5.41, 5.74) is 9.06. The maximum absolute atomic E-state index is 12.5. The summed E-state index contributed by atoms with van der Waals surface area (Å²) in [5.74, 6) is 0. The predicted molar refractivity (Wildman–Crippen MR) is 91.3 cm³/mol. The van der Waals surface area contributed by atoms with Gasteiger partial charge in [0.2, 0.25) is 0 Å². The molecule has 2 rings (SSSR count). The molecule has 0 aromatic heterocycles. The number of benzene rings is 2. The standard InChI is InChI=1S/C13H8Br2N2O4S2/c14-9-3-1-5-11(7-9)22(18,19)13(17-16)23(20,21)12-6-2-4-10(15)8-12/h1-8H. The summed E-state index contributed by atoms with van der Waals surface area (Å²) in [6, 6.07) is 10.9. The lowest BCUT2D eigenvalue weighted by Crippen LogP contribution is -2.26. The van der Waals surface area contributed by atoms with Gasteiger partial charge in [-0.05, 0) is 36.4 Å². The highest BCUT2D eigenvalue weighted by Gasteiger charge is 2.44. The molecule has 0 fully saturated rings. The first kappa shape index (κ1) is 18.0. The number of hydrogen-bond donors (Lipinski definition) is 0. The highest BCUT2D eigenvalue weighted by molar-refractivity contribution is 9.10. The molecule has 10 heteroatoms. The van der Waals surface area contributed by atoms with Crippen molar-refractivity contribution >= 4 is 55.9 Å². The van der Waals surface area contributed by atoms with E-state index in [2.05, 4.69) is 36.6 Å². The minimum absolute atomic E-state index is 0.307. The Kier molecular flexibility index (Phi) is 5.22. The zero-order valence-electron chi connectivity index (χ0n) is 11.2. The van der Waals surface area contributed by atoms with Gasteiger partial charge < -0.3 is 5.53 Å². The molecule has 0 aliphatic rings. The second-order valence-corrected chi connectivity index (χ2v) is 10.1. The first-order valence-corrected chi connectivity index (χ1v) is 10.5. The van der Waals surface area contributed by atoms with Crippen LogP contribution in [0.1, 0.15) is 0 Å². The molecular formula is C13H8Br2N2O4S2. The van der Waals surface area contributed by atoms with E-state index in [0.717, 1.165) is 0 Å². The van der Waals surface area contributed by atoms with Crippen LogP contribution in [-0.2, 0) is 19.7 Å². The Labute approximate surface area is 149 Å². The van der Waals surface area contributed by atoms with Gasteiger partial charge in [0.15, 0.2) is 0 Å². The zero-order valence-corrected chi connectivity index (χ0v) is 16.0. The van der Waals surface area contributed by atoms with E-state index in [1.807, 2.05) is 0 Å². The molecule has 0 spiro atoms. The molecule has 0 saturated carbocycles. The van der Waals surface area contributed by atoms with E-state index in [9.17, 15) is 16.8 Å². The third-order valence-corrected chi connectivity index (χ3v) is 7.89. The van der Waals surface area contributed by atoms with Gasteiger partial charge in [-0.1, -0.05) is 44.0 Å². The molecule has 0 aliphatic heterocycles. The first-order valence-electron chi connectivity index (χ1n) is 5.93. The Hall–Kier alpha value is -1.32. The number of nitrogens with zero attached hydrogens (tertiary/aromatic N) is 2. The van der Waals surface area contributed by atoms with Crippen molar-refractivity contribution in [1.82, 2.24) is 0 Å². The van der Waals surface area contributed by atoms with Gasteiger partial charge in [-0.15, -0.1) is 4.79 Å². The van der Waals surface area contributed by atoms with E-state index in [1.54, 1.807) is 12.1 Å². The predicted octanol–water partition coefficient (Wildman–Crippen LogP) is 3.05. The second kappa shape index (κ2) is 6.66. The van der Waals surface area contributed by atoms with Gasteiger partial charge in [-0.2, -0.15) is 0 Å². The summed E-state index contributed by atoms with van der Waals surface area (Å²) in [6.07, 6.45) is 0. The summed E-state index contributed by atoms with van der Waals surface area (Å²) < 4.78 is 49.6. The molecule has 0 saturated heterocycles. The first-order chi connectivity index (χ1) is 10.7. The maximum atomic E-state index is 12.5. The zero-order chi connectivity index (χ0) is 17.3. The third kappa shape index (κ3) is 3.61. The number of hydrogen-bond acceptors (Lipinski definition) is 4. The van der Waals surface area contributed by atoms with Gasteiger partial charge >= 0.3 is 4.38 Å². The number of halogens is 2. The van der Waals surface area contributed by atoms with E-state index in [0.29, 0.717) is 8.95 Å². The molecule has 120 valence electrons. The average Bonchev–Trinajstić information content (AvgIpc) is 2.47. The molecule has 0 bridgehead atoms. The van der Waals surface area contributed by atoms with Gasteiger partial charge in [-0.3, -0.25) is 0 Å². The summed E-state index contributed by atoms with van der Waals surface area (Å²) in [7, 11) is -9.05. The lowest BCUT2D eigenvalue weighted by Gasteiger charge is -2.03. The smallest absolute Gasteiger partial charge is 0.359 e. The van der Waals surface area contributed by atoms with Crippen LogP contribution in [0.3, 0.4) is 0 Å². The molecule has 0 radical (unpaired) electrons. The Bertz CT molecular complexity index is 950. The quantitative estimate of drug-likeness (QED) is 0.285. The van der Waals surface area contributed by atoms with Crippen LogP contribution in [0.2, 0.25) is 0 Å². The van der Waals surface area contributed by atoms with Crippen molar-refractivity contribution in [2.75, 3.05) is 0 Å². The number of sulfone groups is 2. The van der Waals surface area contributed by atoms with Crippen LogP contribution in [-0.4, -0.2) is 26.0 Å². The fourth-order valence-corrected chi connectivity index (χ4v) is 6.25. The monoisotopic (exact) mass is 478 g/mol. The van der Waals surface area contributed by atoms with Crippen molar-refractivity contribution in [2.45, 2.75) is 9.79 Å². The Morgan fingerprint density at radius 1 is 0.826 bits per heavy atom.